The number of hydrogen-bond acceptors (Lipinski definition) is 2. The lowest BCUT2D eigenvalue weighted by Gasteiger charge is -2.34. The molecule has 112 valence electrons. The molecule has 2 heterocycles. The van der Waals surface area contributed by atoms with Crippen molar-refractivity contribution in [1.82, 2.24) is 14.8 Å². The van der Waals surface area contributed by atoms with E-state index >= 15 is 0 Å². The minimum absolute atomic E-state index is 0.0000954. The molecule has 1 aromatic carbocycles. The lowest BCUT2D eigenvalue weighted by Crippen LogP contribution is -2.48. The number of amides is 1. The number of halogens is 1. The van der Waals surface area contributed by atoms with E-state index in [0.29, 0.717) is 16.5 Å². The summed E-state index contributed by atoms with van der Waals surface area (Å²) in [5.41, 5.74) is 1.76. The first-order chi connectivity index (χ1) is 10.1. The number of para-hydroxylation sites is 1. The van der Waals surface area contributed by atoms with Gasteiger partial charge >= 0.3 is 0 Å². The van der Waals surface area contributed by atoms with Gasteiger partial charge in [0, 0.05) is 37.3 Å². The van der Waals surface area contributed by atoms with Gasteiger partial charge in [-0.3, -0.25) is 4.79 Å². The summed E-state index contributed by atoms with van der Waals surface area (Å²) in [5, 5.41) is 0.676. The van der Waals surface area contributed by atoms with Crippen LogP contribution in [0.3, 0.4) is 0 Å². The predicted molar refractivity (Wildman–Crippen MR) is 81.0 cm³/mol. The summed E-state index contributed by atoms with van der Waals surface area (Å²) in [6.07, 6.45) is 0. The topological polar surface area (TPSA) is 39.3 Å². The van der Waals surface area contributed by atoms with Crippen molar-refractivity contribution >= 4 is 16.8 Å². The van der Waals surface area contributed by atoms with Crippen LogP contribution in [0.25, 0.3) is 10.9 Å². The third-order valence-electron chi connectivity index (χ3n) is 4.29. The number of nitrogens with one attached hydrogen (secondary N) is 1. The molecule has 0 aliphatic carbocycles. The second-order valence-electron chi connectivity index (χ2n) is 5.51. The van der Waals surface area contributed by atoms with Crippen molar-refractivity contribution in [3.05, 3.63) is 35.3 Å². The number of H-pyrrole nitrogens is 1. The molecule has 0 spiro atoms. The molecule has 0 bridgehead atoms. The van der Waals surface area contributed by atoms with Gasteiger partial charge in [-0.1, -0.05) is 19.1 Å². The van der Waals surface area contributed by atoms with Crippen molar-refractivity contribution in [3.8, 4) is 0 Å². The van der Waals surface area contributed by atoms with Gasteiger partial charge in [-0.05, 0) is 19.5 Å². The van der Waals surface area contributed by atoms with Crippen LogP contribution in [0.5, 0.6) is 0 Å². The summed E-state index contributed by atoms with van der Waals surface area (Å²) in [6, 6.07) is 4.86. The predicted octanol–water partition coefficient (Wildman–Crippen LogP) is 2.39. The van der Waals surface area contributed by atoms with Crippen LogP contribution in [0.15, 0.2) is 18.2 Å². The fourth-order valence-corrected chi connectivity index (χ4v) is 3.01. The SMILES string of the molecule is CCN1CCN(C(=O)c2c(C)[nH]c3c(F)cccc23)CC1. The van der Waals surface area contributed by atoms with Crippen LogP contribution in [-0.2, 0) is 0 Å². The van der Waals surface area contributed by atoms with Crippen LogP contribution in [0.2, 0.25) is 0 Å². The number of aromatic nitrogens is 1. The Morgan fingerprint density at radius 3 is 2.67 bits per heavy atom. The summed E-state index contributed by atoms with van der Waals surface area (Å²) < 4.78 is 13.8. The van der Waals surface area contributed by atoms with Gasteiger partial charge in [0.1, 0.15) is 5.82 Å². The second kappa shape index (κ2) is 5.48. The maximum atomic E-state index is 13.8. The van der Waals surface area contributed by atoms with Crippen molar-refractivity contribution in [3.63, 3.8) is 0 Å². The Balaban J connectivity index is 1.92. The highest BCUT2D eigenvalue weighted by atomic mass is 19.1. The van der Waals surface area contributed by atoms with Crippen LogP contribution in [0, 0.1) is 12.7 Å². The normalized spacial score (nSPS) is 16.6. The zero-order valence-corrected chi connectivity index (χ0v) is 12.4. The molecule has 3 rings (SSSR count). The number of carbonyl (C=O) groups is 1. The first-order valence-corrected chi connectivity index (χ1v) is 7.40. The van der Waals surface area contributed by atoms with Gasteiger partial charge in [-0.15, -0.1) is 0 Å². The molecule has 0 unspecified atom stereocenters. The number of aromatic amines is 1. The fourth-order valence-electron chi connectivity index (χ4n) is 3.01. The number of hydrogen-bond donors (Lipinski definition) is 1. The standard InChI is InChI=1S/C16H20FN3O/c1-3-19-7-9-20(10-8-19)16(21)14-11(2)18-15-12(14)5-4-6-13(15)17/h4-6,18H,3,7-10H2,1-2H3. The summed E-state index contributed by atoms with van der Waals surface area (Å²) >= 11 is 0. The van der Waals surface area contributed by atoms with Gasteiger partial charge in [-0.25, -0.2) is 4.39 Å². The van der Waals surface area contributed by atoms with Crippen molar-refractivity contribution in [2.24, 2.45) is 0 Å². The molecule has 1 saturated heterocycles. The van der Waals surface area contributed by atoms with E-state index in [9.17, 15) is 9.18 Å². The Bertz CT molecular complexity index is 671. The van der Waals surface area contributed by atoms with Crippen LogP contribution < -0.4 is 0 Å². The van der Waals surface area contributed by atoms with Crippen molar-refractivity contribution in [2.75, 3.05) is 32.7 Å². The van der Waals surface area contributed by atoms with E-state index in [4.69, 9.17) is 0 Å². The van der Waals surface area contributed by atoms with E-state index < -0.39 is 0 Å². The van der Waals surface area contributed by atoms with Gasteiger partial charge in [0.2, 0.25) is 0 Å². The molecule has 21 heavy (non-hydrogen) atoms. The molecule has 1 aliphatic heterocycles. The summed E-state index contributed by atoms with van der Waals surface area (Å²) in [4.78, 5) is 20.0. The maximum absolute atomic E-state index is 13.8. The van der Waals surface area contributed by atoms with E-state index in [2.05, 4.69) is 16.8 Å². The van der Waals surface area contributed by atoms with Gasteiger partial charge in [-0.2, -0.15) is 0 Å². The first-order valence-electron chi connectivity index (χ1n) is 7.40. The Labute approximate surface area is 123 Å². The summed E-state index contributed by atoms with van der Waals surface area (Å²) in [6.45, 7) is 8.23. The number of likely N-dealkylation sites (N-methyl/N-ethyl adjacent to an activating group) is 1. The van der Waals surface area contributed by atoms with Gasteiger partial charge in [0.25, 0.3) is 5.91 Å². The number of piperazine rings is 1. The van der Waals surface area contributed by atoms with Crippen LogP contribution in [0.4, 0.5) is 4.39 Å². The lowest BCUT2D eigenvalue weighted by molar-refractivity contribution is 0.0644. The highest BCUT2D eigenvalue weighted by molar-refractivity contribution is 6.08. The number of fused-ring (bicyclic) bond motifs is 1. The smallest absolute Gasteiger partial charge is 0.256 e. The molecule has 5 heteroatoms. The summed E-state index contributed by atoms with van der Waals surface area (Å²) in [7, 11) is 0. The van der Waals surface area contributed by atoms with E-state index in [0.717, 1.165) is 38.4 Å². The van der Waals surface area contributed by atoms with E-state index in [-0.39, 0.29) is 11.7 Å². The third kappa shape index (κ3) is 2.42. The van der Waals surface area contributed by atoms with Crippen molar-refractivity contribution in [1.29, 1.82) is 0 Å². The fraction of sp³-hybridized carbons (Fsp3) is 0.438. The molecule has 0 saturated carbocycles. The number of benzene rings is 1. The van der Waals surface area contributed by atoms with E-state index in [1.165, 1.54) is 6.07 Å². The largest absolute Gasteiger partial charge is 0.356 e. The Hall–Kier alpha value is -1.88. The summed E-state index contributed by atoms with van der Waals surface area (Å²) in [5.74, 6) is -0.314. The Kier molecular flexibility index (Phi) is 3.68. The molecule has 1 aromatic heterocycles. The van der Waals surface area contributed by atoms with Gasteiger partial charge in [0.05, 0.1) is 11.1 Å². The third-order valence-corrected chi connectivity index (χ3v) is 4.29. The first kappa shape index (κ1) is 14.1. The molecule has 2 aromatic rings. The molecule has 1 amide bonds. The van der Waals surface area contributed by atoms with Gasteiger partial charge < -0.3 is 14.8 Å². The minimum atomic E-state index is -0.314. The Morgan fingerprint density at radius 1 is 1.29 bits per heavy atom. The van der Waals surface area contributed by atoms with E-state index in [1.807, 2.05) is 11.8 Å². The van der Waals surface area contributed by atoms with E-state index in [1.54, 1.807) is 12.1 Å². The van der Waals surface area contributed by atoms with Gasteiger partial charge in [0.15, 0.2) is 0 Å². The number of carbonyl (C=O) groups excluding carboxylic acids is 1. The monoisotopic (exact) mass is 289 g/mol. The molecule has 1 N–H and O–H groups in total. The minimum Gasteiger partial charge on any atom is -0.356 e. The quantitative estimate of drug-likeness (QED) is 0.922. The van der Waals surface area contributed by atoms with Crippen LogP contribution in [0.1, 0.15) is 23.0 Å². The molecule has 0 radical (unpaired) electrons. The lowest BCUT2D eigenvalue weighted by atomic mass is 10.1. The molecule has 4 nitrogen and oxygen atoms in total. The average molecular weight is 289 g/mol. The number of nitrogens with zero attached hydrogens (tertiary/aromatic N) is 2. The number of rotatable bonds is 2. The highest BCUT2D eigenvalue weighted by Crippen LogP contribution is 2.25. The van der Waals surface area contributed by atoms with Crippen molar-refractivity contribution < 1.29 is 9.18 Å². The Morgan fingerprint density at radius 2 is 2.00 bits per heavy atom. The number of aryl methyl sites for hydroxylation is 1. The van der Waals surface area contributed by atoms with Crippen molar-refractivity contribution in [2.45, 2.75) is 13.8 Å². The zero-order valence-electron chi connectivity index (χ0n) is 12.4. The highest BCUT2D eigenvalue weighted by Gasteiger charge is 2.25. The molecule has 1 fully saturated rings. The molecular formula is C16H20FN3O. The van der Waals surface area contributed by atoms with Crippen LogP contribution >= 0.6 is 0 Å². The zero-order chi connectivity index (χ0) is 15.0. The maximum Gasteiger partial charge on any atom is 0.256 e. The average Bonchev–Trinajstić information content (AvgIpc) is 2.84. The molecular weight excluding hydrogens is 269 g/mol. The molecule has 1 aliphatic rings. The second-order valence-corrected chi connectivity index (χ2v) is 5.51. The molecule has 0 atom stereocenters. The van der Waals surface area contributed by atoms with Crippen LogP contribution in [-0.4, -0.2) is 53.4 Å².